The highest BCUT2D eigenvalue weighted by Crippen LogP contribution is 2.39. The normalized spacial score (nSPS) is 15.7. The average molecular weight is 431 g/mol. The third-order valence-electron chi connectivity index (χ3n) is 4.87. The number of hydrogen-bond acceptors (Lipinski definition) is 4. The summed E-state index contributed by atoms with van der Waals surface area (Å²) in [5, 5.41) is 14.0. The first-order valence-electron chi connectivity index (χ1n) is 8.87. The van der Waals surface area contributed by atoms with Crippen molar-refractivity contribution < 1.29 is 9.21 Å². The van der Waals surface area contributed by atoms with E-state index in [2.05, 4.69) is 18.3 Å². The van der Waals surface area contributed by atoms with Gasteiger partial charge in [0.05, 0.1) is 10.6 Å². The molecule has 1 aliphatic rings. The fourth-order valence-electron chi connectivity index (χ4n) is 3.41. The van der Waals surface area contributed by atoms with E-state index in [1.165, 1.54) is 16.2 Å². The van der Waals surface area contributed by atoms with Gasteiger partial charge in [-0.2, -0.15) is 5.26 Å². The fourth-order valence-corrected chi connectivity index (χ4v) is 5.15. The average Bonchev–Trinajstić information content (AvgIpc) is 3.27. The van der Waals surface area contributed by atoms with Gasteiger partial charge in [0, 0.05) is 15.5 Å². The summed E-state index contributed by atoms with van der Waals surface area (Å²) in [5.74, 6) is 0.802. The van der Waals surface area contributed by atoms with Crippen molar-refractivity contribution in [1.82, 2.24) is 0 Å². The fraction of sp³-hybridized carbons (Fsp3) is 0.238. The van der Waals surface area contributed by atoms with Crippen LogP contribution in [-0.4, -0.2) is 5.91 Å². The largest absolute Gasteiger partial charge is 0.451 e. The number of halogens is 2. The summed E-state index contributed by atoms with van der Waals surface area (Å²) in [4.78, 5) is 13.9. The zero-order chi connectivity index (χ0) is 19.8. The second-order valence-electron chi connectivity index (χ2n) is 6.91. The van der Waals surface area contributed by atoms with Gasteiger partial charge in [-0.15, -0.1) is 11.3 Å². The van der Waals surface area contributed by atoms with Crippen LogP contribution in [-0.2, 0) is 12.8 Å². The van der Waals surface area contributed by atoms with Crippen molar-refractivity contribution in [3.8, 4) is 17.4 Å². The third-order valence-corrected chi connectivity index (χ3v) is 6.61. The van der Waals surface area contributed by atoms with Gasteiger partial charge in [-0.05, 0) is 61.1 Å². The first kappa shape index (κ1) is 19.1. The Morgan fingerprint density at radius 3 is 2.93 bits per heavy atom. The number of anilines is 1. The minimum Gasteiger partial charge on any atom is -0.451 e. The SMILES string of the molecule is C[C@H]1CCc2c(sc(NC(=O)c3ccc(-c4cc(Cl)ccc4Cl)o3)c2C#N)C1. The van der Waals surface area contributed by atoms with Crippen molar-refractivity contribution in [3.05, 3.63) is 62.1 Å². The Labute approximate surface area is 176 Å². The van der Waals surface area contributed by atoms with E-state index in [0.717, 1.165) is 24.8 Å². The summed E-state index contributed by atoms with van der Waals surface area (Å²) < 4.78 is 5.70. The second-order valence-corrected chi connectivity index (χ2v) is 8.86. The molecule has 0 aliphatic heterocycles. The highest BCUT2D eigenvalue weighted by Gasteiger charge is 2.25. The van der Waals surface area contributed by atoms with Crippen LogP contribution in [0.5, 0.6) is 0 Å². The van der Waals surface area contributed by atoms with Crippen LogP contribution >= 0.6 is 34.5 Å². The van der Waals surface area contributed by atoms with Crippen molar-refractivity contribution in [3.63, 3.8) is 0 Å². The van der Waals surface area contributed by atoms with Gasteiger partial charge in [-0.1, -0.05) is 30.1 Å². The number of nitrogens with one attached hydrogen (secondary N) is 1. The Balaban J connectivity index is 1.60. The van der Waals surface area contributed by atoms with Crippen molar-refractivity contribution in [2.45, 2.75) is 26.2 Å². The number of nitrogens with zero attached hydrogens (tertiary/aromatic N) is 1. The molecule has 1 amide bonds. The predicted molar refractivity (Wildman–Crippen MR) is 112 cm³/mol. The predicted octanol–water partition coefficient (Wildman–Crippen LogP) is 6.56. The van der Waals surface area contributed by atoms with Crippen molar-refractivity contribution in [2.24, 2.45) is 5.92 Å². The molecular weight excluding hydrogens is 415 g/mol. The van der Waals surface area contributed by atoms with Crippen molar-refractivity contribution in [1.29, 1.82) is 5.26 Å². The van der Waals surface area contributed by atoms with Crippen LogP contribution < -0.4 is 5.32 Å². The zero-order valence-electron chi connectivity index (χ0n) is 15.0. The zero-order valence-corrected chi connectivity index (χ0v) is 17.3. The molecule has 3 aromatic rings. The lowest BCUT2D eigenvalue weighted by Gasteiger charge is -2.17. The minimum absolute atomic E-state index is 0.148. The lowest BCUT2D eigenvalue weighted by Crippen LogP contribution is -2.11. The maximum Gasteiger partial charge on any atom is 0.292 e. The number of thiophene rings is 1. The van der Waals surface area contributed by atoms with E-state index in [-0.39, 0.29) is 5.76 Å². The maximum atomic E-state index is 12.7. The number of nitriles is 1. The van der Waals surface area contributed by atoms with Gasteiger partial charge in [-0.25, -0.2) is 0 Å². The van der Waals surface area contributed by atoms with Crippen LogP contribution in [0, 0.1) is 17.2 Å². The monoisotopic (exact) mass is 430 g/mol. The molecule has 0 saturated heterocycles. The van der Waals surface area contributed by atoms with E-state index < -0.39 is 5.91 Å². The Hall–Kier alpha value is -2.26. The van der Waals surface area contributed by atoms with E-state index in [1.807, 2.05) is 0 Å². The molecule has 0 radical (unpaired) electrons. The molecule has 2 heterocycles. The molecule has 1 atom stereocenters. The first-order chi connectivity index (χ1) is 13.5. The number of fused-ring (bicyclic) bond motifs is 1. The van der Waals surface area contributed by atoms with Gasteiger partial charge in [0.1, 0.15) is 16.8 Å². The van der Waals surface area contributed by atoms with E-state index in [1.54, 1.807) is 30.3 Å². The Bertz CT molecular complexity index is 1110. The van der Waals surface area contributed by atoms with Crippen LogP contribution in [0.15, 0.2) is 34.7 Å². The van der Waals surface area contributed by atoms with Gasteiger partial charge in [0.15, 0.2) is 5.76 Å². The van der Waals surface area contributed by atoms with Gasteiger partial charge in [-0.3, -0.25) is 4.79 Å². The Morgan fingerprint density at radius 1 is 1.32 bits per heavy atom. The van der Waals surface area contributed by atoms with Gasteiger partial charge in [0.2, 0.25) is 0 Å². The summed E-state index contributed by atoms with van der Waals surface area (Å²) in [5.41, 5.74) is 2.27. The van der Waals surface area contributed by atoms with Crippen LogP contribution in [0.4, 0.5) is 5.00 Å². The van der Waals surface area contributed by atoms with E-state index in [4.69, 9.17) is 27.6 Å². The van der Waals surface area contributed by atoms with Gasteiger partial charge in [0.25, 0.3) is 5.91 Å². The molecule has 1 N–H and O–H groups in total. The quantitative estimate of drug-likeness (QED) is 0.511. The molecule has 1 aliphatic carbocycles. The highest BCUT2D eigenvalue weighted by atomic mass is 35.5. The number of rotatable bonds is 3. The second kappa shape index (κ2) is 7.63. The van der Waals surface area contributed by atoms with E-state index in [9.17, 15) is 10.1 Å². The topological polar surface area (TPSA) is 66.0 Å². The van der Waals surface area contributed by atoms with Gasteiger partial charge >= 0.3 is 0 Å². The standard InChI is InChI=1S/C21H16Cl2N2O2S/c1-11-2-4-13-15(10-24)21(28-19(13)8-11)25-20(26)18-7-6-17(27-18)14-9-12(22)3-5-16(14)23/h3,5-7,9,11H,2,4,8H2,1H3,(H,25,26)/t11-/m0/s1. The van der Waals surface area contributed by atoms with Crippen molar-refractivity contribution >= 4 is 45.4 Å². The molecule has 0 unspecified atom stereocenters. The van der Waals surface area contributed by atoms with Gasteiger partial charge < -0.3 is 9.73 Å². The third kappa shape index (κ3) is 3.56. The molecule has 142 valence electrons. The van der Waals surface area contributed by atoms with Crippen molar-refractivity contribution in [2.75, 3.05) is 5.32 Å². The lowest BCUT2D eigenvalue weighted by atomic mass is 9.89. The first-order valence-corrected chi connectivity index (χ1v) is 10.4. The molecule has 1 aromatic carbocycles. The number of furan rings is 1. The number of carbonyl (C=O) groups excluding carboxylic acids is 1. The molecular formula is C21H16Cl2N2O2S. The molecule has 4 rings (SSSR count). The van der Waals surface area contributed by atoms with E-state index in [0.29, 0.717) is 37.9 Å². The molecule has 0 bridgehead atoms. The van der Waals surface area contributed by atoms with Crippen LogP contribution in [0.2, 0.25) is 10.0 Å². The lowest BCUT2D eigenvalue weighted by molar-refractivity contribution is 0.0998. The summed E-state index contributed by atoms with van der Waals surface area (Å²) >= 11 is 13.7. The summed E-state index contributed by atoms with van der Waals surface area (Å²) in [6.45, 7) is 2.21. The number of amides is 1. The summed E-state index contributed by atoms with van der Waals surface area (Å²) in [7, 11) is 0. The maximum absolute atomic E-state index is 12.7. The molecule has 7 heteroatoms. The molecule has 28 heavy (non-hydrogen) atoms. The van der Waals surface area contributed by atoms with E-state index >= 15 is 0 Å². The number of benzene rings is 1. The summed E-state index contributed by atoms with van der Waals surface area (Å²) in [6.07, 6.45) is 2.89. The highest BCUT2D eigenvalue weighted by molar-refractivity contribution is 7.16. The number of hydrogen-bond donors (Lipinski definition) is 1. The number of carbonyl (C=O) groups is 1. The van der Waals surface area contributed by atoms with Crippen LogP contribution in [0.3, 0.4) is 0 Å². The molecule has 2 aromatic heterocycles. The Morgan fingerprint density at radius 2 is 2.14 bits per heavy atom. The Kier molecular flexibility index (Phi) is 5.20. The van der Waals surface area contributed by atoms with Crippen LogP contribution in [0.25, 0.3) is 11.3 Å². The summed E-state index contributed by atoms with van der Waals surface area (Å²) in [6, 6.07) is 10.6. The van der Waals surface area contributed by atoms with Crippen LogP contribution in [0.1, 0.15) is 39.9 Å². The molecule has 4 nitrogen and oxygen atoms in total. The molecule has 0 saturated carbocycles. The molecule has 0 fully saturated rings. The molecule has 0 spiro atoms. The smallest absolute Gasteiger partial charge is 0.292 e. The minimum atomic E-state index is -0.396.